The largest absolute Gasteiger partial charge is 0.326 e. The van der Waals surface area contributed by atoms with Gasteiger partial charge in [0, 0.05) is 23.7 Å². The molecule has 2 aromatic carbocycles. The van der Waals surface area contributed by atoms with Crippen LogP contribution in [0.3, 0.4) is 0 Å². The molecule has 0 heterocycles. The number of sulfonamides is 1. The summed E-state index contributed by atoms with van der Waals surface area (Å²) < 4.78 is 25.3. The van der Waals surface area contributed by atoms with Crippen molar-refractivity contribution >= 4 is 38.9 Å². The number of halogens is 1. The molecule has 0 aliphatic heterocycles. The molecule has 0 aliphatic carbocycles. The van der Waals surface area contributed by atoms with Gasteiger partial charge in [-0.1, -0.05) is 23.7 Å². The Bertz CT molecular complexity index is 820. The molecule has 0 spiro atoms. The lowest BCUT2D eigenvalue weighted by atomic mass is 10.2. The first-order chi connectivity index (χ1) is 11.3. The van der Waals surface area contributed by atoms with E-state index in [0.717, 1.165) is 11.8 Å². The standard InChI is InChI=1S/C17H19ClN2O3S/c1-13-4-3-5-16(12-13)20(24(2,22)23)11-10-17(21)19-15-8-6-14(18)7-9-15/h3-9,12H,10-11H2,1-2H3,(H,19,21). The van der Waals surface area contributed by atoms with Crippen LogP contribution in [-0.2, 0) is 14.8 Å². The number of carbonyl (C=O) groups excluding carboxylic acids is 1. The predicted molar refractivity (Wildman–Crippen MR) is 98.1 cm³/mol. The molecular formula is C17H19ClN2O3S. The Hall–Kier alpha value is -2.05. The van der Waals surface area contributed by atoms with Gasteiger partial charge in [-0.15, -0.1) is 0 Å². The smallest absolute Gasteiger partial charge is 0.232 e. The molecule has 0 aliphatic rings. The van der Waals surface area contributed by atoms with Crippen molar-refractivity contribution in [1.82, 2.24) is 0 Å². The third kappa shape index (κ3) is 5.25. The van der Waals surface area contributed by atoms with Gasteiger partial charge in [-0.3, -0.25) is 9.10 Å². The van der Waals surface area contributed by atoms with Crippen LogP contribution in [0.4, 0.5) is 11.4 Å². The van der Waals surface area contributed by atoms with Gasteiger partial charge in [0.15, 0.2) is 0 Å². The summed E-state index contributed by atoms with van der Waals surface area (Å²) in [5.41, 5.74) is 2.12. The van der Waals surface area contributed by atoms with Gasteiger partial charge in [0.2, 0.25) is 15.9 Å². The molecular weight excluding hydrogens is 348 g/mol. The third-order valence-corrected chi connectivity index (χ3v) is 4.81. The second-order valence-electron chi connectivity index (χ2n) is 5.48. The summed E-state index contributed by atoms with van der Waals surface area (Å²) in [6.07, 6.45) is 1.18. The first-order valence-electron chi connectivity index (χ1n) is 7.35. The van der Waals surface area contributed by atoms with E-state index in [0.29, 0.717) is 16.4 Å². The summed E-state index contributed by atoms with van der Waals surface area (Å²) in [5.74, 6) is -0.265. The number of amides is 1. The van der Waals surface area contributed by atoms with Gasteiger partial charge in [0.1, 0.15) is 0 Å². The van der Waals surface area contributed by atoms with E-state index in [2.05, 4.69) is 5.32 Å². The Balaban J connectivity index is 2.05. The maximum atomic E-state index is 12.1. The molecule has 24 heavy (non-hydrogen) atoms. The van der Waals surface area contributed by atoms with E-state index in [1.807, 2.05) is 13.0 Å². The highest BCUT2D eigenvalue weighted by Gasteiger charge is 2.18. The van der Waals surface area contributed by atoms with Gasteiger partial charge in [0.25, 0.3) is 0 Å². The second-order valence-corrected chi connectivity index (χ2v) is 7.82. The van der Waals surface area contributed by atoms with Crippen molar-refractivity contribution in [3.63, 3.8) is 0 Å². The number of nitrogens with one attached hydrogen (secondary N) is 1. The van der Waals surface area contributed by atoms with Crippen LogP contribution in [0, 0.1) is 6.92 Å². The van der Waals surface area contributed by atoms with E-state index >= 15 is 0 Å². The van der Waals surface area contributed by atoms with Crippen LogP contribution in [0.1, 0.15) is 12.0 Å². The normalized spacial score (nSPS) is 11.1. The van der Waals surface area contributed by atoms with Crippen molar-refractivity contribution in [2.24, 2.45) is 0 Å². The van der Waals surface area contributed by atoms with Crippen molar-refractivity contribution < 1.29 is 13.2 Å². The fourth-order valence-corrected chi connectivity index (χ4v) is 3.27. The highest BCUT2D eigenvalue weighted by molar-refractivity contribution is 7.92. The Morgan fingerprint density at radius 2 is 1.83 bits per heavy atom. The van der Waals surface area contributed by atoms with E-state index in [-0.39, 0.29) is 18.9 Å². The Labute approximate surface area is 147 Å². The minimum absolute atomic E-state index is 0.0453. The average molecular weight is 367 g/mol. The molecule has 0 bridgehead atoms. The van der Waals surface area contributed by atoms with Crippen LogP contribution >= 0.6 is 11.6 Å². The van der Waals surface area contributed by atoms with Crippen LogP contribution in [0.2, 0.25) is 5.02 Å². The lowest BCUT2D eigenvalue weighted by molar-refractivity contribution is -0.116. The number of carbonyl (C=O) groups is 1. The summed E-state index contributed by atoms with van der Waals surface area (Å²) in [6, 6.07) is 13.9. The first kappa shape index (κ1) is 18.3. The molecule has 2 rings (SSSR count). The molecule has 0 saturated heterocycles. The van der Waals surface area contributed by atoms with Crippen molar-refractivity contribution in [1.29, 1.82) is 0 Å². The van der Waals surface area contributed by atoms with Gasteiger partial charge < -0.3 is 5.32 Å². The third-order valence-electron chi connectivity index (χ3n) is 3.36. The van der Waals surface area contributed by atoms with Crippen molar-refractivity contribution in [2.75, 3.05) is 22.4 Å². The summed E-state index contributed by atoms with van der Waals surface area (Å²) >= 11 is 5.80. The van der Waals surface area contributed by atoms with E-state index in [1.54, 1.807) is 42.5 Å². The van der Waals surface area contributed by atoms with Crippen molar-refractivity contribution in [3.8, 4) is 0 Å². The van der Waals surface area contributed by atoms with Crippen LogP contribution in [0.15, 0.2) is 48.5 Å². The maximum absolute atomic E-state index is 12.1. The SMILES string of the molecule is Cc1cccc(N(CCC(=O)Nc2ccc(Cl)cc2)S(C)(=O)=O)c1. The lowest BCUT2D eigenvalue weighted by Gasteiger charge is -2.22. The first-order valence-corrected chi connectivity index (χ1v) is 9.58. The fourth-order valence-electron chi connectivity index (χ4n) is 2.23. The molecule has 0 radical (unpaired) electrons. The number of aryl methyl sites for hydroxylation is 1. The van der Waals surface area contributed by atoms with Gasteiger partial charge in [0.05, 0.1) is 11.9 Å². The Morgan fingerprint density at radius 1 is 1.17 bits per heavy atom. The van der Waals surface area contributed by atoms with E-state index < -0.39 is 10.0 Å². The number of benzene rings is 2. The highest BCUT2D eigenvalue weighted by Crippen LogP contribution is 2.19. The fraction of sp³-hybridized carbons (Fsp3) is 0.235. The van der Waals surface area contributed by atoms with E-state index in [1.165, 1.54) is 4.31 Å². The number of hydrogen-bond donors (Lipinski definition) is 1. The molecule has 1 amide bonds. The predicted octanol–water partition coefficient (Wildman–Crippen LogP) is 3.44. The van der Waals surface area contributed by atoms with E-state index in [4.69, 9.17) is 11.6 Å². The van der Waals surface area contributed by atoms with E-state index in [9.17, 15) is 13.2 Å². The highest BCUT2D eigenvalue weighted by atomic mass is 35.5. The monoisotopic (exact) mass is 366 g/mol. The molecule has 0 aromatic heterocycles. The van der Waals surface area contributed by atoms with Crippen molar-refractivity contribution in [3.05, 3.63) is 59.1 Å². The molecule has 1 N–H and O–H groups in total. The zero-order valence-electron chi connectivity index (χ0n) is 13.5. The molecule has 0 unspecified atom stereocenters. The minimum atomic E-state index is -3.47. The van der Waals surface area contributed by atoms with Crippen LogP contribution < -0.4 is 9.62 Å². The molecule has 7 heteroatoms. The van der Waals surface area contributed by atoms with Crippen molar-refractivity contribution in [2.45, 2.75) is 13.3 Å². The van der Waals surface area contributed by atoms with Gasteiger partial charge in [-0.05, 0) is 48.9 Å². The van der Waals surface area contributed by atoms with Crippen LogP contribution in [0.5, 0.6) is 0 Å². The Morgan fingerprint density at radius 3 is 2.42 bits per heavy atom. The second kappa shape index (κ2) is 7.68. The molecule has 0 fully saturated rings. The zero-order chi connectivity index (χ0) is 17.7. The number of rotatable bonds is 6. The van der Waals surface area contributed by atoms with Crippen LogP contribution in [0.25, 0.3) is 0 Å². The molecule has 5 nitrogen and oxygen atoms in total. The summed E-state index contributed by atoms with van der Waals surface area (Å²) in [7, 11) is -3.47. The number of anilines is 2. The summed E-state index contributed by atoms with van der Waals surface area (Å²) in [6.45, 7) is 1.96. The van der Waals surface area contributed by atoms with Gasteiger partial charge in [-0.25, -0.2) is 8.42 Å². The minimum Gasteiger partial charge on any atom is -0.326 e. The topological polar surface area (TPSA) is 66.5 Å². The molecule has 2 aromatic rings. The number of hydrogen-bond acceptors (Lipinski definition) is 3. The zero-order valence-corrected chi connectivity index (χ0v) is 15.1. The summed E-state index contributed by atoms with van der Waals surface area (Å²) in [5, 5.41) is 3.30. The lowest BCUT2D eigenvalue weighted by Crippen LogP contribution is -2.33. The van der Waals surface area contributed by atoms with Gasteiger partial charge >= 0.3 is 0 Å². The Kier molecular flexibility index (Phi) is 5.85. The maximum Gasteiger partial charge on any atom is 0.232 e. The molecule has 128 valence electrons. The van der Waals surface area contributed by atoms with Crippen LogP contribution in [-0.4, -0.2) is 27.1 Å². The van der Waals surface area contributed by atoms with Gasteiger partial charge in [-0.2, -0.15) is 0 Å². The molecule has 0 atom stereocenters. The average Bonchev–Trinajstić information content (AvgIpc) is 2.48. The number of nitrogens with zero attached hydrogens (tertiary/aromatic N) is 1. The molecule has 0 saturated carbocycles. The summed E-state index contributed by atoms with van der Waals surface area (Å²) in [4.78, 5) is 12.1. The quantitative estimate of drug-likeness (QED) is 0.851.